The largest absolute Gasteiger partial charge is 0.477 e. The van der Waals surface area contributed by atoms with Crippen molar-refractivity contribution >= 4 is 34.0 Å². The van der Waals surface area contributed by atoms with E-state index >= 15 is 4.39 Å². The second kappa shape index (κ2) is 11.5. The van der Waals surface area contributed by atoms with Crippen LogP contribution in [0.1, 0.15) is 31.2 Å². The Bertz CT molecular complexity index is 1680. The van der Waals surface area contributed by atoms with Crippen LogP contribution < -0.4 is 25.4 Å². The molecule has 0 saturated carbocycles. The Hall–Kier alpha value is -3.27. The first-order chi connectivity index (χ1) is 21.9. The molecule has 0 aliphatic carbocycles. The lowest BCUT2D eigenvalue weighted by atomic mass is 9.90. The van der Waals surface area contributed by atoms with Crippen LogP contribution in [0, 0.1) is 5.82 Å². The Morgan fingerprint density at radius 1 is 1.20 bits per heavy atom. The zero-order chi connectivity index (χ0) is 32.4. The van der Waals surface area contributed by atoms with Gasteiger partial charge >= 0.3 is 12.2 Å². The Kier molecular flexibility index (Phi) is 7.81. The molecular formula is C30H33ClF5N7O3. The molecule has 10 nitrogen and oxygen atoms in total. The average Bonchev–Trinajstić information content (AvgIpc) is 3.48. The summed E-state index contributed by atoms with van der Waals surface area (Å²) in [4.78, 5) is 17.5. The van der Waals surface area contributed by atoms with Gasteiger partial charge in [0.1, 0.15) is 35.2 Å². The summed E-state index contributed by atoms with van der Waals surface area (Å²) in [5.74, 6) is -1.04. The number of pyridine rings is 1. The summed E-state index contributed by atoms with van der Waals surface area (Å²) < 4.78 is 92.0. The summed E-state index contributed by atoms with van der Waals surface area (Å²) in [6.07, 6.45) is -3.58. The van der Waals surface area contributed by atoms with Crippen LogP contribution in [-0.2, 0) is 10.9 Å². The summed E-state index contributed by atoms with van der Waals surface area (Å²) >= 11 is 6.02. The fourth-order valence-electron chi connectivity index (χ4n) is 7.30. The summed E-state index contributed by atoms with van der Waals surface area (Å²) in [6.45, 7) is 2.91. The van der Waals surface area contributed by atoms with Gasteiger partial charge in [-0.25, -0.2) is 13.8 Å². The van der Waals surface area contributed by atoms with E-state index in [4.69, 9.17) is 36.5 Å². The van der Waals surface area contributed by atoms with Crippen LogP contribution in [-0.4, -0.2) is 96.8 Å². The predicted molar refractivity (Wildman–Crippen MR) is 161 cm³/mol. The predicted octanol–water partition coefficient (Wildman–Crippen LogP) is 4.62. The fourth-order valence-corrected chi connectivity index (χ4v) is 7.63. The third kappa shape index (κ3) is 5.15. The molecule has 0 unspecified atom stereocenters. The van der Waals surface area contributed by atoms with Crippen molar-refractivity contribution in [3.63, 3.8) is 0 Å². The Labute approximate surface area is 266 Å². The van der Waals surface area contributed by atoms with Crippen molar-refractivity contribution in [1.29, 1.82) is 0 Å². The molecule has 0 bridgehead atoms. The number of nitrogens with one attached hydrogen (secondary N) is 1. The van der Waals surface area contributed by atoms with E-state index in [9.17, 15) is 17.6 Å². The highest BCUT2D eigenvalue weighted by molar-refractivity contribution is 6.32. The molecule has 3 aromatic rings. The van der Waals surface area contributed by atoms with Crippen LogP contribution in [0.25, 0.3) is 22.2 Å². The topological polar surface area (TPSA) is 111 Å². The molecule has 2 aromatic heterocycles. The number of hydrogen-bond acceptors (Lipinski definition) is 10. The highest BCUT2D eigenvalue weighted by atomic mass is 35.5. The van der Waals surface area contributed by atoms with Crippen molar-refractivity contribution in [2.75, 3.05) is 70.3 Å². The number of ether oxygens (including phenoxy) is 3. The minimum Gasteiger partial charge on any atom is -0.477 e. The first-order valence-electron chi connectivity index (χ1n) is 15.2. The van der Waals surface area contributed by atoms with Crippen molar-refractivity contribution in [1.82, 2.24) is 25.2 Å². The molecule has 7 rings (SSSR count). The highest BCUT2D eigenvalue weighted by Gasteiger charge is 2.50. The Morgan fingerprint density at radius 2 is 2.00 bits per heavy atom. The van der Waals surface area contributed by atoms with Crippen LogP contribution in [0.15, 0.2) is 12.1 Å². The van der Waals surface area contributed by atoms with Crippen LogP contribution in [0.4, 0.5) is 33.5 Å². The number of benzene rings is 1. The molecule has 3 N–H and O–H groups in total. The van der Waals surface area contributed by atoms with E-state index in [1.54, 1.807) is 7.05 Å². The van der Waals surface area contributed by atoms with Gasteiger partial charge < -0.3 is 30.2 Å². The summed E-state index contributed by atoms with van der Waals surface area (Å²) in [7, 11) is 1.80. The zero-order valence-electron chi connectivity index (χ0n) is 25.0. The second-order valence-corrected chi connectivity index (χ2v) is 12.9. The Balaban J connectivity index is 1.44. The van der Waals surface area contributed by atoms with Gasteiger partial charge in [-0.05, 0) is 38.6 Å². The Morgan fingerprint density at radius 3 is 2.72 bits per heavy atom. The summed E-state index contributed by atoms with van der Waals surface area (Å²) in [5, 5.41) is 2.51. The zero-order valence-corrected chi connectivity index (χ0v) is 25.8. The van der Waals surface area contributed by atoms with Gasteiger partial charge in [-0.1, -0.05) is 11.6 Å². The van der Waals surface area contributed by atoms with Gasteiger partial charge in [0.2, 0.25) is 5.88 Å². The van der Waals surface area contributed by atoms with Crippen LogP contribution >= 0.6 is 11.6 Å². The number of hydrogen-bond donors (Lipinski definition) is 2. The van der Waals surface area contributed by atoms with Gasteiger partial charge in [-0.15, -0.1) is 0 Å². The maximum Gasteiger partial charge on any atom is 0.418 e. The van der Waals surface area contributed by atoms with Gasteiger partial charge in [0.15, 0.2) is 5.82 Å². The number of alkyl halides is 4. The number of likely N-dealkylation sites (N-methyl/N-ethyl adjacent to an activating group) is 1. The third-order valence-electron chi connectivity index (χ3n) is 9.56. The van der Waals surface area contributed by atoms with E-state index in [2.05, 4.69) is 20.2 Å². The van der Waals surface area contributed by atoms with Gasteiger partial charge in [-0.2, -0.15) is 23.1 Å². The lowest BCUT2D eigenvalue weighted by molar-refractivity contribution is -0.137. The second-order valence-electron chi connectivity index (χ2n) is 12.5. The number of fused-ring (bicyclic) bond motifs is 1. The molecule has 1 aromatic carbocycles. The van der Waals surface area contributed by atoms with Gasteiger partial charge in [0, 0.05) is 43.7 Å². The molecule has 0 amide bonds. The number of rotatable bonds is 7. The summed E-state index contributed by atoms with van der Waals surface area (Å²) in [6, 6.07) is 1.73. The maximum atomic E-state index is 16.8. The highest BCUT2D eigenvalue weighted by Crippen LogP contribution is 2.48. The standard InChI is InChI=1S/C30H33ClF5N7O3/c1-38-5-7-43-25-20-24(40-27(41-25)46-15-28-3-2-6-42(28)12-16(32)11-28)22(33)23(39-26(20)45-8-4-29(43)13-44-14-29)18-9-17(37)10-19(31)21(18)30(34,35)36/h9-10,16,38H,2-8,11-15,37H2,1H3/t16-,28+/m1/s1. The van der Waals surface area contributed by atoms with E-state index in [-0.39, 0.29) is 47.5 Å². The molecule has 6 heterocycles. The lowest BCUT2D eigenvalue weighted by Crippen LogP contribution is -2.64. The van der Waals surface area contributed by atoms with Crippen LogP contribution in [0.5, 0.6) is 11.9 Å². The van der Waals surface area contributed by atoms with Crippen molar-refractivity contribution in [2.45, 2.75) is 49.1 Å². The number of nitrogen functional groups attached to an aromatic ring is 1. The SMILES string of the molecule is CNCCN1c2nc(OC[C@@]34CCCN3C[C@H](F)C4)nc3c(F)c(-c4cc(N)cc(Cl)c4C(F)(F)F)nc(c23)OCCC12COC2. The molecule has 4 aliphatic rings. The van der Waals surface area contributed by atoms with E-state index in [1.165, 1.54) is 0 Å². The third-order valence-corrected chi connectivity index (χ3v) is 9.85. The van der Waals surface area contributed by atoms with Crippen LogP contribution in [0.3, 0.4) is 0 Å². The van der Waals surface area contributed by atoms with Crippen LogP contribution in [0.2, 0.25) is 5.02 Å². The molecule has 248 valence electrons. The number of nitrogens with two attached hydrogens (primary N) is 1. The van der Waals surface area contributed by atoms with E-state index in [0.29, 0.717) is 45.7 Å². The average molecular weight is 670 g/mol. The molecule has 0 radical (unpaired) electrons. The minimum absolute atomic E-state index is 0.0646. The van der Waals surface area contributed by atoms with Crippen molar-refractivity contribution in [2.24, 2.45) is 0 Å². The lowest BCUT2D eigenvalue weighted by Gasteiger charge is -2.51. The molecule has 1 spiro atoms. The van der Waals surface area contributed by atoms with Gasteiger partial charge in [0.05, 0.1) is 41.5 Å². The maximum absolute atomic E-state index is 16.8. The molecule has 2 atom stereocenters. The van der Waals surface area contributed by atoms with E-state index in [1.807, 2.05) is 4.90 Å². The summed E-state index contributed by atoms with van der Waals surface area (Å²) in [5.41, 5.74) is 1.72. The quantitative estimate of drug-likeness (QED) is 0.273. The monoisotopic (exact) mass is 669 g/mol. The van der Waals surface area contributed by atoms with Crippen molar-refractivity contribution in [3.05, 3.63) is 28.5 Å². The van der Waals surface area contributed by atoms with E-state index in [0.717, 1.165) is 31.5 Å². The number of halogens is 6. The minimum atomic E-state index is -4.96. The van der Waals surface area contributed by atoms with Gasteiger partial charge in [0.25, 0.3) is 0 Å². The normalized spacial score (nSPS) is 24.1. The van der Waals surface area contributed by atoms with Crippen molar-refractivity contribution < 1.29 is 36.2 Å². The molecule has 46 heavy (non-hydrogen) atoms. The number of nitrogens with zero attached hydrogens (tertiary/aromatic N) is 5. The first-order valence-corrected chi connectivity index (χ1v) is 15.5. The molecule has 3 saturated heterocycles. The van der Waals surface area contributed by atoms with E-state index < -0.39 is 51.1 Å². The number of aromatic nitrogens is 3. The first kappa shape index (κ1) is 31.3. The fraction of sp³-hybridized carbons (Fsp3) is 0.567. The molecule has 4 aliphatic heterocycles. The smallest absolute Gasteiger partial charge is 0.418 e. The number of anilines is 2. The van der Waals surface area contributed by atoms with Crippen molar-refractivity contribution in [3.8, 4) is 23.1 Å². The molecule has 16 heteroatoms. The van der Waals surface area contributed by atoms with Gasteiger partial charge in [-0.3, -0.25) is 4.90 Å². The molecule has 3 fully saturated rings. The molecular weight excluding hydrogens is 637 g/mol.